The SMILES string of the molecule is c1ccc(-n2c3ccccc3c3ccc(-c4ccc5c6ccccc6n(-c6cc(-c7ccc8sc9ccccc9c8c7)c7sc8ccccc8c7c6)c5c4)cc32)cc1. The Bertz CT molecular complexity index is 3800. The molecule has 0 unspecified atom stereocenters. The summed E-state index contributed by atoms with van der Waals surface area (Å²) in [4.78, 5) is 0. The Balaban J connectivity index is 1.07. The Hall–Kier alpha value is -6.98. The Morgan fingerprint density at radius 1 is 0.276 bits per heavy atom. The van der Waals surface area contributed by atoms with Crippen molar-refractivity contribution in [3.63, 3.8) is 0 Å². The first-order valence-electron chi connectivity index (χ1n) is 19.7. The minimum absolute atomic E-state index is 1.17. The number of nitrogens with zero attached hydrogens (tertiary/aromatic N) is 2. The molecule has 0 aliphatic carbocycles. The summed E-state index contributed by atoms with van der Waals surface area (Å²) in [6.45, 7) is 0. The van der Waals surface area contributed by atoms with Crippen LogP contribution in [0, 0.1) is 0 Å². The fourth-order valence-electron chi connectivity index (χ4n) is 9.48. The maximum Gasteiger partial charge on any atom is 0.0547 e. The van der Waals surface area contributed by atoms with E-state index in [0.717, 1.165) is 0 Å². The molecule has 0 radical (unpaired) electrons. The van der Waals surface area contributed by atoms with Gasteiger partial charge < -0.3 is 9.13 Å². The lowest BCUT2D eigenvalue weighted by atomic mass is 9.99. The second-order valence-corrected chi connectivity index (χ2v) is 17.4. The van der Waals surface area contributed by atoms with Gasteiger partial charge in [0.15, 0.2) is 0 Å². The zero-order chi connectivity index (χ0) is 37.9. The Morgan fingerprint density at radius 3 is 1.45 bits per heavy atom. The van der Waals surface area contributed by atoms with Crippen molar-refractivity contribution >= 4 is 107 Å². The second kappa shape index (κ2) is 12.3. The van der Waals surface area contributed by atoms with Crippen molar-refractivity contribution < 1.29 is 0 Å². The van der Waals surface area contributed by atoms with Crippen LogP contribution >= 0.6 is 22.7 Å². The van der Waals surface area contributed by atoms with Crippen LogP contribution < -0.4 is 0 Å². The summed E-state index contributed by atoms with van der Waals surface area (Å²) in [5.74, 6) is 0. The first-order chi connectivity index (χ1) is 28.7. The molecule has 0 fully saturated rings. The summed E-state index contributed by atoms with van der Waals surface area (Å²) in [6.07, 6.45) is 0. The first kappa shape index (κ1) is 32.1. The zero-order valence-corrected chi connectivity index (χ0v) is 32.8. The van der Waals surface area contributed by atoms with Gasteiger partial charge in [-0.05, 0) is 89.5 Å². The number of thiophene rings is 2. The van der Waals surface area contributed by atoms with Crippen molar-refractivity contribution in [2.24, 2.45) is 0 Å². The predicted octanol–water partition coefficient (Wildman–Crippen LogP) is 16.0. The lowest BCUT2D eigenvalue weighted by Gasteiger charge is -2.13. The summed E-state index contributed by atoms with van der Waals surface area (Å²) in [7, 11) is 0. The average molecular weight is 773 g/mol. The molecule has 0 atom stereocenters. The molecule has 13 rings (SSSR count). The van der Waals surface area contributed by atoms with Gasteiger partial charge in [0.2, 0.25) is 0 Å². The van der Waals surface area contributed by atoms with Gasteiger partial charge in [0.05, 0.1) is 22.1 Å². The fourth-order valence-corrected chi connectivity index (χ4v) is 11.8. The van der Waals surface area contributed by atoms with Crippen LogP contribution in [0.5, 0.6) is 0 Å². The third-order valence-corrected chi connectivity index (χ3v) is 14.5. The molecule has 4 aromatic heterocycles. The topological polar surface area (TPSA) is 9.86 Å². The Labute approximate surface area is 341 Å². The molecule has 58 heavy (non-hydrogen) atoms. The maximum absolute atomic E-state index is 2.50. The molecule has 0 spiro atoms. The van der Waals surface area contributed by atoms with Gasteiger partial charge in [-0.3, -0.25) is 0 Å². The monoisotopic (exact) mass is 772 g/mol. The van der Waals surface area contributed by atoms with E-state index < -0.39 is 0 Å². The van der Waals surface area contributed by atoms with E-state index in [1.165, 1.54) is 118 Å². The van der Waals surface area contributed by atoms with Gasteiger partial charge in [0.25, 0.3) is 0 Å². The lowest BCUT2D eigenvalue weighted by molar-refractivity contribution is 1.18. The summed E-state index contributed by atoms with van der Waals surface area (Å²) < 4.78 is 10.2. The van der Waals surface area contributed by atoms with Gasteiger partial charge >= 0.3 is 0 Å². The van der Waals surface area contributed by atoms with Gasteiger partial charge in [-0.15, -0.1) is 22.7 Å². The van der Waals surface area contributed by atoms with Crippen molar-refractivity contribution in [3.8, 4) is 33.6 Å². The van der Waals surface area contributed by atoms with Crippen LogP contribution in [-0.2, 0) is 0 Å². The summed E-state index contributed by atoms with van der Waals surface area (Å²) >= 11 is 3.77. The molecule has 13 aromatic rings. The van der Waals surface area contributed by atoms with Crippen molar-refractivity contribution in [2.45, 2.75) is 0 Å². The van der Waals surface area contributed by atoms with Crippen molar-refractivity contribution in [1.29, 1.82) is 0 Å². The number of fused-ring (bicyclic) bond motifs is 12. The molecule has 0 aliphatic rings. The Morgan fingerprint density at radius 2 is 0.776 bits per heavy atom. The van der Waals surface area contributed by atoms with E-state index in [1.807, 2.05) is 22.7 Å². The standard InChI is InChI=1S/C54H32N2S2/c1-2-12-36(13-3-1)55-47-18-8-4-14-38(47)40-25-22-33(29-49(40)55)34-23-26-41-39-15-5-9-19-48(39)56(50(41)30-34)37-31-44(54-46(32-37)43-17-7-11-21-52(43)58-54)35-24-27-53-45(28-35)42-16-6-10-20-51(42)57-53/h1-32H. The average Bonchev–Trinajstić information content (AvgIpc) is 4.03. The highest BCUT2D eigenvalue weighted by molar-refractivity contribution is 7.26. The quantitative estimate of drug-likeness (QED) is 0.169. The molecule has 0 bridgehead atoms. The van der Waals surface area contributed by atoms with E-state index in [-0.39, 0.29) is 0 Å². The third-order valence-electron chi connectivity index (χ3n) is 12.1. The summed E-state index contributed by atoms with van der Waals surface area (Å²) in [5.41, 5.74) is 12.1. The highest BCUT2D eigenvalue weighted by Crippen LogP contribution is 2.45. The molecule has 0 N–H and O–H groups in total. The number of rotatable bonds is 4. The van der Waals surface area contributed by atoms with Crippen molar-refractivity contribution in [1.82, 2.24) is 9.13 Å². The molecule has 2 nitrogen and oxygen atoms in total. The van der Waals surface area contributed by atoms with Gasteiger partial charge in [0.1, 0.15) is 0 Å². The lowest BCUT2D eigenvalue weighted by Crippen LogP contribution is -1.95. The van der Waals surface area contributed by atoms with E-state index in [2.05, 4.69) is 203 Å². The smallest absolute Gasteiger partial charge is 0.0547 e. The zero-order valence-electron chi connectivity index (χ0n) is 31.2. The molecular formula is C54H32N2S2. The normalized spacial score (nSPS) is 12.1. The number of benzene rings is 9. The molecule has 270 valence electrons. The molecule has 0 saturated carbocycles. The van der Waals surface area contributed by atoms with Crippen LogP contribution in [0.25, 0.3) is 118 Å². The van der Waals surface area contributed by atoms with Crippen molar-refractivity contribution in [3.05, 3.63) is 194 Å². The van der Waals surface area contributed by atoms with Crippen LogP contribution in [0.4, 0.5) is 0 Å². The molecule has 9 aromatic carbocycles. The molecule has 0 saturated heterocycles. The van der Waals surface area contributed by atoms with Crippen LogP contribution in [0.3, 0.4) is 0 Å². The number of hydrogen-bond donors (Lipinski definition) is 0. The fraction of sp³-hybridized carbons (Fsp3) is 0. The summed E-state index contributed by atoms with van der Waals surface area (Å²) in [5, 5.41) is 10.3. The van der Waals surface area contributed by atoms with Crippen LogP contribution in [-0.4, -0.2) is 9.13 Å². The van der Waals surface area contributed by atoms with Crippen LogP contribution in [0.2, 0.25) is 0 Å². The van der Waals surface area contributed by atoms with Crippen molar-refractivity contribution in [2.75, 3.05) is 0 Å². The van der Waals surface area contributed by atoms with E-state index in [1.54, 1.807) is 0 Å². The van der Waals surface area contributed by atoms with Gasteiger partial charge in [-0.25, -0.2) is 0 Å². The van der Waals surface area contributed by atoms with E-state index in [0.29, 0.717) is 0 Å². The number of para-hydroxylation sites is 3. The second-order valence-electron chi connectivity index (χ2n) is 15.3. The minimum atomic E-state index is 1.17. The van der Waals surface area contributed by atoms with Gasteiger partial charge in [-0.1, -0.05) is 121 Å². The molecule has 0 amide bonds. The predicted molar refractivity (Wildman–Crippen MR) is 252 cm³/mol. The summed E-state index contributed by atoms with van der Waals surface area (Å²) in [6, 6.07) is 72.0. The van der Waals surface area contributed by atoms with E-state index in [9.17, 15) is 0 Å². The van der Waals surface area contributed by atoms with Gasteiger partial charge in [0, 0.05) is 78.8 Å². The van der Waals surface area contributed by atoms with Crippen LogP contribution in [0.1, 0.15) is 0 Å². The Kier molecular flexibility index (Phi) is 6.79. The van der Waals surface area contributed by atoms with E-state index in [4.69, 9.17) is 0 Å². The third kappa shape index (κ3) is 4.64. The first-order valence-corrected chi connectivity index (χ1v) is 21.4. The highest BCUT2D eigenvalue weighted by atomic mass is 32.1. The number of aromatic nitrogens is 2. The molecule has 4 heteroatoms. The minimum Gasteiger partial charge on any atom is -0.309 e. The molecular weight excluding hydrogens is 741 g/mol. The number of hydrogen-bond acceptors (Lipinski definition) is 2. The maximum atomic E-state index is 2.50. The molecule has 0 aliphatic heterocycles. The van der Waals surface area contributed by atoms with Gasteiger partial charge in [-0.2, -0.15) is 0 Å². The largest absolute Gasteiger partial charge is 0.309 e. The van der Waals surface area contributed by atoms with Crippen LogP contribution in [0.15, 0.2) is 194 Å². The molecule has 4 heterocycles. The highest BCUT2D eigenvalue weighted by Gasteiger charge is 2.20. The van der Waals surface area contributed by atoms with E-state index >= 15 is 0 Å².